The predicted octanol–water partition coefficient (Wildman–Crippen LogP) is 1.87. The molecule has 0 aliphatic heterocycles. The fraction of sp³-hybridized carbons (Fsp3) is 0.231. The minimum absolute atomic E-state index is 0.644. The highest BCUT2D eigenvalue weighted by molar-refractivity contribution is 5.86. The van der Waals surface area contributed by atoms with E-state index in [2.05, 4.69) is 16.4 Å². The summed E-state index contributed by atoms with van der Waals surface area (Å²) in [6.45, 7) is 1.42. The highest BCUT2D eigenvalue weighted by Gasteiger charge is 2.04. The van der Waals surface area contributed by atoms with Gasteiger partial charge in [-0.3, -0.25) is 0 Å². The molecule has 0 bridgehead atoms. The van der Waals surface area contributed by atoms with Crippen LogP contribution in [0.1, 0.15) is 12.0 Å². The summed E-state index contributed by atoms with van der Waals surface area (Å²) in [4.78, 5) is 4.45. The normalized spacial score (nSPS) is 10.1. The summed E-state index contributed by atoms with van der Waals surface area (Å²) in [5, 5.41) is 13.2. The lowest BCUT2D eigenvalue weighted by Crippen LogP contribution is -2.09. The second-order valence-electron chi connectivity index (χ2n) is 3.75. The molecule has 17 heavy (non-hydrogen) atoms. The Morgan fingerprint density at radius 2 is 2.18 bits per heavy atom. The molecule has 4 heteroatoms. The van der Waals surface area contributed by atoms with Crippen LogP contribution in [0.15, 0.2) is 30.3 Å². The largest absolute Gasteiger partial charge is 0.370 e. The minimum atomic E-state index is 0.644. The van der Waals surface area contributed by atoms with Crippen LogP contribution in [-0.4, -0.2) is 18.1 Å². The standard InChI is InChI=1S/C13H14N4/c14-6-3-7-16-13-8-10(9-15)11-4-1-2-5-12(11)17-13/h1-2,4-5,8H,3,6-7,14H2,(H,16,17). The van der Waals surface area contributed by atoms with Crippen molar-refractivity contribution in [1.29, 1.82) is 5.26 Å². The SMILES string of the molecule is N#Cc1cc(NCCCN)nc2ccccc12. The minimum Gasteiger partial charge on any atom is -0.370 e. The zero-order valence-electron chi connectivity index (χ0n) is 9.48. The molecule has 86 valence electrons. The molecule has 1 heterocycles. The fourth-order valence-corrected chi connectivity index (χ4v) is 1.68. The second kappa shape index (κ2) is 5.28. The maximum Gasteiger partial charge on any atom is 0.127 e. The number of nitrogens with zero attached hydrogens (tertiary/aromatic N) is 2. The van der Waals surface area contributed by atoms with Crippen LogP contribution in [0.2, 0.25) is 0 Å². The van der Waals surface area contributed by atoms with Gasteiger partial charge in [0.25, 0.3) is 0 Å². The lowest BCUT2D eigenvalue weighted by atomic mass is 10.1. The third-order valence-electron chi connectivity index (χ3n) is 2.52. The maximum atomic E-state index is 9.11. The highest BCUT2D eigenvalue weighted by Crippen LogP contribution is 2.19. The molecule has 1 aromatic carbocycles. The van der Waals surface area contributed by atoms with Gasteiger partial charge in [0.15, 0.2) is 0 Å². The molecule has 0 saturated carbocycles. The summed E-state index contributed by atoms with van der Waals surface area (Å²) in [6, 6.07) is 11.6. The number of nitriles is 1. The Kier molecular flexibility index (Phi) is 3.53. The van der Waals surface area contributed by atoms with Gasteiger partial charge >= 0.3 is 0 Å². The Bertz CT molecular complexity index is 557. The van der Waals surface area contributed by atoms with E-state index in [1.54, 1.807) is 6.07 Å². The third kappa shape index (κ3) is 2.52. The smallest absolute Gasteiger partial charge is 0.127 e. The van der Waals surface area contributed by atoms with E-state index in [0.717, 1.165) is 29.7 Å². The molecule has 0 fully saturated rings. The number of rotatable bonds is 4. The summed E-state index contributed by atoms with van der Waals surface area (Å²) in [5.74, 6) is 0.730. The van der Waals surface area contributed by atoms with Crippen LogP contribution in [-0.2, 0) is 0 Å². The maximum absolute atomic E-state index is 9.11. The van der Waals surface area contributed by atoms with Crippen molar-refractivity contribution in [3.8, 4) is 6.07 Å². The van der Waals surface area contributed by atoms with Crippen LogP contribution in [0.4, 0.5) is 5.82 Å². The van der Waals surface area contributed by atoms with Gasteiger partial charge in [0.05, 0.1) is 17.1 Å². The molecule has 3 N–H and O–H groups in total. The molecule has 0 aliphatic rings. The van der Waals surface area contributed by atoms with Crippen LogP contribution in [0.3, 0.4) is 0 Å². The quantitative estimate of drug-likeness (QED) is 0.780. The molecule has 4 nitrogen and oxygen atoms in total. The molecular weight excluding hydrogens is 212 g/mol. The molecule has 0 spiro atoms. The number of fused-ring (bicyclic) bond motifs is 1. The van der Waals surface area contributed by atoms with Crippen molar-refractivity contribution in [2.24, 2.45) is 5.73 Å². The summed E-state index contributed by atoms with van der Waals surface area (Å²) >= 11 is 0. The zero-order valence-corrected chi connectivity index (χ0v) is 9.48. The molecule has 0 aliphatic carbocycles. The van der Waals surface area contributed by atoms with Crippen LogP contribution < -0.4 is 11.1 Å². The van der Waals surface area contributed by atoms with Crippen LogP contribution >= 0.6 is 0 Å². The molecule has 2 rings (SSSR count). The van der Waals surface area contributed by atoms with E-state index in [9.17, 15) is 0 Å². The predicted molar refractivity (Wildman–Crippen MR) is 68.6 cm³/mol. The first-order chi connectivity index (χ1) is 8.35. The van der Waals surface area contributed by atoms with E-state index in [0.29, 0.717) is 12.1 Å². The van der Waals surface area contributed by atoms with E-state index in [1.807, 2.05) is 24.3 Å². The average molecular weight is 226 g/mol. The van der Waals surface area contributed by atoms with Crippen molar-refractivity contribution in [1.82, 2.24) is 4.98 Å². The Labute approximate surface area is 100 Å². The van der Waals surface area contributed by atoms with Gasteiger partial charge in [-0.2, -0.15) is 5.26 Å². The first kappa shape index (κ1) is 11.4. The highest BCUT2D eigenvalue weighted by atomic mass is 15.0. The monoisotopic (exact) mass is 226 g/mol. The van der Waals surface area contributed by atoms with Crippen molar-refractivity contribution < 1.29 is 0 Å². The molecule has 0 radical (unpaired) electrons. The van der Waals surface area contributed by atoms with Crippen LogP contribution in [0, 0.1) is 11.3 Å². The zero-order chi connectivity index (χ0) is 12.1. The number of para-hydroxylation sites is 1. The lowest BCUT2D eigenvalue weighted by Gasteiger charge is -2.07. The van der Waals surface area contributed by atoms with Crippen molar-refractivity contribution >= 4 is 16.7 Å². The number of anilines is 1. The third-order valence-corrected chi connectivity index (χ3v) is 2.52. The summed E-state index contributed by atoms with van der Waals surface area (Å²) in [7, 11) is 0. The van der Waals surface area contributed by atoms with Crippen molar-refractivity contribution in [3.05, 3.63) is 35.9 Å². The van der Waals surface area contributed by atoms with Gasteiger partial charge in [-0.1, -0.05) is 18.2 Å². The van der Waals surface area contributed by atoms with Crippen LogP contribution in [0.5, 0.6) is 0 Å². The average Bonchev–Trinajstić information content (AvgIpc) is 2.38. The van der Waals surface area contributed by atoms with Gasteiger partial charge in [0, 0.05) is 11.9 Å². The fourth-order valence-electron chi connectivity index (χ4n) is 1.68. The number of benzene rings is 1. The van der Waals surface area contributed by atoms with Crippen molar-refractivity contribution in [2.45, 2.75) is 6.42 Å². The molecule has 0 atom stereocenters. The summed E-state index contributed by atoms with van der Waals surface area (Å²) < 4.78 is 0. The molecule has 1 aromatic heterocycles. The first-order valence-electron chi connectivity index (χ1n) is 5.59. The molecular formula is C13H14N4. The number of hydrogen-bond donors (Lipinski definition) is 2. The van der Waals surface area contributed by atoms with E-state index >= 15 is 0 Å². The summed E-state index contributed by atoms with van der Waals surface area (Å²) in [6.07, 6.45) is 0.885. The van der Waals surface area contributed by atoms with E-state index < -0.39 is 0 Å². The van der Waals surface area contributed by atoms with Gasteiger partial charge < -0.3 is 11.1 Å². The van der Waals surface area contributed by atoms with Crippen LogP contribution in [0.25, 0.3) is 10.9 Å². The Hall–Kier alpha value is -2.12. The van der Waals surface area contributed by atoms with Gasteiger partial charge in [-0.25, -0.2) is 4.98 Å². The Morgan fingerprint density at radius 1 is 1.35 bits per heavy atom. The molecule has 0 amide bonds. The van der Waals surface area contributed by atoms with Crippen molar-refractivity contribution in [3.63, 3.8) is 0 Å². The topological polar surface area (TPSA) is 74.7 Å². The van der Waals surface area contributed by atoms with Gasteiger partial charge in [-0.15, -0.1) is 0 Å². The van der Waals surface area contributed by atoms with Crippen molar-refractivity contribution in [2.75, 3.05) is 18.4 Å². The second-order valence-corrected chi connectivity index (χ2v) is 3.75. The first-order valence-corrected chi connectivity index (χ1v) is 5.59. The summed E-state index contributed by atoms with van der Waals surface area (Å²) in [5.41, 5.74) is 6.91. The van der Waals surface area contributed by atoms with E-state index in [4.69, 9.17) is 11.0 Å². The van der Waals surface area contributed by atoms with Gasteiger partial charge in [0.2, 0.25) is 0 Å². The number of aromatic nitrogens is 1. The Balaban J connectivity index is 2.36. The number of hydrogen-bond acceptors (Lipinski definition) is 4. The lowest BCUT2D eigenvalue weighted by molar-refractivity contribution is 0.871. The van der Waals surface area contributed by atoms with E-state index in [-0.39, 0.29) is 0 Å². The van der Waals surface area contributed by atoms with E-state index in [1.165, 1.54) is 0 Å². The van der Waals surface area contributed by atoms with Gasteiger partial charge in [-0.05, 0) is 25.1 Å². The number of pyridine rings is 1. The molecule has 0 saturated heterocycles. The number of nitrogens with two attached hydrogens (primary N) is 1. The molecule has 2 aromatic rings. The van der Waals surface area contributed by atoms with Gasteiger partial charge in [0.1, 0.15) is 5.82 Å². The number of nitrogens with one attached hydrogen (secondary N) is 1. The Morgan fingerprint density at radius 3 is 2.94 bits per heavy atom. The molecule has 0 unspecified atom stereocenters.